The third-order valence-electron chi connectivity index (χ3n) is 1.80. The molecule has 8 heteroatoms. The molecule has 0 saturated carbocycles. The van der Waals surface area contributed by atoms with E-state index in [4.69, 9.17) is 24.4 Å². The summed E-state index contributed by atoms with van der Waals surface area (Å²) in [5.41, 5.74) is 0.424. The molecule has 19 heavy (non-hydrogen) atoms. The zero-order valence-electron chi connectivity index (χ0n) is 12.5. The van der Waals surface area contributed by atoms with E-state index in [1.54, 1.807) is 13.0 Å². The molecule has 4 N–H and O–H groups in total. The van der Waals surface area contributed by atoms with Gasteiger partial charge in [-0.1, -0.05) is 13.0 Å². The Hall–Kier alpha value is -0.720. The summed E-state index contributed by atoms with van der Waals surface area (Å²) in [5.74, 6) is -0.827. The van der Waals surface area contributed by atoms with Crippen LogP contribution in [0.5, 0.6) is 0 Å². The summed E-state index contributed by atoms with van der Waals surface area (Å²) in [5, 5.41) is 8.24. The Morgan fingerprint density at radius 2 is 1.42 bits per heavy atom. The van der Waals surface area contributed by atoms with Crippen LogP contribution in [-0.4, -0.2) is 57.9 Å². The summed E-state index contributed by atoms with van der Waals surface area (Å²) in [7, 11) is 1.90. The quantitative estimate of drug-likeness (QED) is 0.354. The molecule has 0 bridgehead atoms. The number of carbonyl (C=O) groups is 1. The lowest BCUT2D eigenvalue weighted by Gasteiger charge is -2.20. The van der Waals surface area contributed by atoms with Gasteiger partial charge < -0.3 is 24.3 Å². The standard InChI is InChI=1S/C6H10O2.C5H14N.H3O4P/c1-3-4-5(2)6(7)8;1-5-6(2,3)4;1-5(2,3)4/h4H,3H2,1-2H3,(H,7,8);5H2,1-4H3;(H3,1,2,3,4)/q;+1;. The minimum atomic E-state index is -4.64. The van der Waals surface area contributed by atoms with E-state index in [0.717, 1.165) is 10.9 Å². The van der Waals surface area contributed by atoms with Crippen LogP contribution >= 0.6 is 7.82 Å². The van der Waals surface area contributed by atoms with Crippen molar-refractivity contribution in [2.75, 3.05) is 27.7 Å². The zero-order valence-corrected chi connectivity index (χ0v) is 13.4. The first-order valence-corrected chi connectivity index (χ1v) is 7.29. The van der Waals surface area contributed by atoms with E-state index in [-0.39, 0.29) is 0 Å². The van der Waals surface area contributed by atoms with E-state index in [2.05, 4.69) is 28.1 Å². The average Bonchev–Trinajstić information content (AvgIpc) is 2.15. The van der Waals surface area contributed by atoms with Crippen LogP contribution in [0.25, 0.3) is 0 Å². The maximum absolute atomic E-state index is 10.0. The van der Waals surface area contributed by atoms with Gasteiger partial charge in [0.1, 0.15) is 0 Å². The van der Waals surface area contributed by atoms with Crippen molar-refractivity contribution in [2.45, 2.75) is 27.2 Å². The molecule has 116 valence electrons. The van der Waals surface area contributed by atoms with Crippen molar-refractivity contribution in [1.29, 1.82) is 0 Å². The number of carboxylic acid groups (broad SMARTS) is 1. The topological polar surface area (TPSA) is 115 Å². The van der Waals surface area contributed by atoms with E-state index in [0.29, 0.717) is 5.57 Å². The molecule has 0 aliphatic carbocycles. The first kappa shape index (κ1) is 23.4. The molecule has 0 atom stereocenters. The third-order valence-corrected chi connectivity index (χ3v) is 1.80. The van der Waals surface area contributed by atoms with Crippen LogP contribution in [0, 0.1) is 0 Å². The Kier molecular flexibility index (Phi) is 13.7. The lowest BCUT2D eigenvalue weighted by atomic mass is 10.2. The van der Waals surface area contributed by atoms with Crippen LogP contribution in [0.2, 0.25) is 0 Å². The fraction of sp³-hybridized carbons (Fsp3) is 0.727. The number of allylic oxidation sites excluding steroid dienone is 1. The number of rotatable bonds is 3. The van der Waals surface area contributed by atoms with Gasteiger partial charge in [0.15, 0.2) is 0 Å². The van der Waals surface area contributed by atoms with E-state index < -0.39 is 13.8 Å². The highest BCUT2D eigenvalue weighted by atomic mass is 31.2. The van der Waals surface area contributed by atoms with Crippen LogP contribution in [0.15, 0.2) is 11.6 Å². The molecule has 0 aliphatic rings. The largest absolute Gasteiger partial charge is 0.478 e. The Bertz CT molecular complexity index is 307. The van der Waals surface area contributed by atoms with Gasteiger partial charge in [-0.2, -0.15) is 0 Å². The molecule has 0 saturated heterocycles. The number of phosphoric acid groups is 1. The molecule has 0 aromatic carbocycles. The first-order chi connectivity index (χ1) is 8.24. The summed E-state index contributed by atoms with van der Waals surface area (Å²) >= 11 is 0. The summed E-state index contributed by atoms with van der Waals surface area (Å²) in [6.07, 6.45) is 2.47. The maximum Gasteiger partial charge on any atom is 0.466 e. The second-order valence-electron chi connectivity index (χ2n) is 4.72. The molecule has 0 fully saturated rings. The summed E-state index contributed by atoms with van der Waals surface area (Å²) in [4.78, 5) is 31.6. The molecule has 0 aromatic heterocycles. The number of nitrogens with zero attached hydrogens (tertiary/aromatic N) is 1. The minimum absolute atomic E-state index is 0.424. The molecule has 0 unspecified atom stereocenters. The smallest absolute Gasteiger partial charge is 0.466 e. The van der Waals surface area contributed by atoms with Gasteiger partial charge in [0.2, 0.25) is 0 Å². The monoisotopic (exact) mass is 300 g/mol. The number of quaternary nitrogens is 1. The molecule has 0 radical (unpaired) electrons. The summed E-state index contributed by atoms with van der Waals surface area (Å²) in [6.45, 7) is 6.89. The number of carboxylic acids is 1. The Balaban J connectivity index is -0.000000209. The highest BCUT2D eigenvalue weighted by Crippen LogP contribution is 2.25. The number of hydrogen-bond acceptors (Lipinski definition) is 2. The fourth-order valence-corrected chi connectivity index (χ4v) is 0.393. The van der Waals surface area contributed by atoms with Crippen molar-refractivity contribution in [3.8, 4) is 0 Å². The van der Waals surface area contributed by atoms with Crippen LogP contribution in [-0.2, 0) is 9.36 Å². The second-order valence-corrected chi connectivity index (χ2v) is 5.75. The van der Waals surface area contributed by atoms with Crippen LogP contribution < -0.4 is 0 Å². The first-order valence-electron chi connectivity index (χ1n) is 5.73. The molecule has 0 aromatic rings. The lowest BCUT2D eigenvalue weighted by molar-refractivity contribution is -0.868. The van der Waals surface area contributed by atoms with Gasteiger partial charge in [-0.15, -0.1) is 0 Å². The minimum Gasteiger partial charge on any atom is -0.478 e. The highest BCUT2D eigenvalue weighted by molar-refractivity contribution is 7.45. The fourth-order valence-electron chi connectivity index (χ4n) is 0.393. The average molecular weight is 300 g/mol. The zero-order chi connectivity index (χ0) is 16.3. The van der Waals surface area contributed by atoms with Crippen molar-refractivity contribution < 1.29 is 33.6 Å². The van der Waals surface area contributed by atoms with Crippen molar-refractivity contribution in [3.05, 3.63) is 11.6 Å². The van der Waals surface area contributed by atoms with Gasteiger partial charge in [0.25, 0.3) is 0 Å². The third kappa shape index (κ3) is 46.8. The predicted molar refractivity (Wildman–Crippen MR) is 74.5 cm³/mol. The summed E-state index contributed by atoms with van der Waals surface area (Å²) < 4.78 is 9.95. The highest BCUT2D eigenvalue weighted by Gasteiger charge is 2.00. The molecule has 0 aliphatic heterocycles. The predicted octanol–water partition coefficient (Wildman–Crippen LogP) is 1.21. The van der Waals surface area contributed by atoms with Crippen LogP contribution in [0.3, 0.4) is 0 Å². The maximum atomic E-state index is 10.0. The van der Waals surface area contributed by atoms with E-state index in [1.807, 2.05) is 6.92 Å². The molecule has 0 spiro atoms. The molecular formula is C11H27NO6P+. The van der Waals surface area contributed by atoms with Gasteiger partial charge >= 0.3 is 13.8 Å². The van der Waals surface area contributed by atoms with E-state index >= 15 is 0 Å². The van der Waals surface area contributed by atoms with Gasteiger partial charge in [0.05, 0.1) is 27.7 Å². The Morgan fingerprint density at radius 1 is 1.16 bits per heavy atom. The number of aliphatic carboxylic acids is 1. The van der Waals surface area contributed by atoms with E-state index in [9.17, 15) is 4.79 Å². The summed E-state index contributed by atoms with van der Waals surface area (Å²) in [6, 6.07) is 0. The Labute approximate surface area is 115 Å². The van der Waals surface area contributed by atoms with Crippen molar-refractivity contribution >= 4 is 13.8 Å². The van der Waals surface area contributed by atoms with E-state index in [1.165, 1.54) is 6.54 Å². The molecular weight excluding hydrogens is 273 g/mol. The van der Waals surface area contributed by atoms with Crippen molar-refractivity contribution in [1.82, 2.24) is 0 Å². The Morgan fingerprint density at radius 3 is 1.47 bits per heavy atom. The second kappa shape index (κ2) is 11.1. The molecule has 7 nitrogen and oxygen atoms in total. The number of hydrogen-bond donors (Lipinski definition) is 4. The van der Waals surface area contributed by atoms with Gasteiger partial charge in [-0.3, -0.25) is 0 Å². The van der Waals surface area contributed by atoms with Crippen LogP contribution in [0.4, 0.5) is 0 Å². The normalized spacial score (nSPS) is 11.7. The molecule has 0 heterocycles. The SMILES string of the molecule is CCC=C(C)C(=O)O.CC[N+](C)(C)C.O=P(O)(O)O. The van der Waals surface area contributed by atoms with Gasteiger partial charge in [0, 0.05) is 5.57 Å². The lowest BCUT2D eigenvalue weighted by Crippen LogP contribution is -2.33. The van der Waals surface area contributed by atoms with Gasteiger partial charge in [-0.25, -0.2) is 9.36 Å². The molecule has 0 amide bonds. The van der Waals surface area contributed by atoms with Crippen LogP contribution in [0.1, 0.15) is 27.2 Å². The van der Waals surface area contributed by atoms with Crippen molar-refractivity contribution in [3.63, 3.8) is 0 Å². The van der Waals surface area contributed by atoms with Crippen molar-refractivity contribution in [2.24, 2.45) is 0 Å². The molecule has 0 rings (SSSR count). The van der Waals surface area contributed by atoms with Gasteiger partial charge in [-0.05, 0) is 20.3 Å².